The normalized spacial score (nSPS) is 10.8. The third kappa shape index (κ3) is 7.74. The molecule has 0 heterocycles. The van der Waals surface area contributed by atoms with Crippen LogP contribution in [-0.4, -0.2) is 25.8 Å². The van der Waals surface area contributed by atoms with E-state index in [4.69, 9.17) is 4.84 Å². The summed E-state index contributed by atoms with van der Waals surface area (Å²) in [6, 6.07) is 10.2. The molecule has 1 unspecified atom stereocenters. The number of aliphatic imine (C=N–C) groups is 1. The average molecular weight is 250 g/mol. The maximum Gasteiger partial charge on any atom is 0.234 e. The van der Waals surface area contributed by atoms with Gasteiger partial charge < -0.3 is 4.84 Å². The summed E-state index contributed by atoms with van der Waals surface area (Å²) in [6.45, 7) is 4.39. The van der Waals surface area contributed by atoms with Gasteiger partial charge in [0.15, 0.2) is 0 Å². The molecular weight excluding hydrogens is 228 g/mol. The highest BCUT2D eigenvalue weighted by Gasteiger charge is 2.07. The summed E-state index contributed by atoms with van der Waals surface area (Å²) in [7, 11) is 1.56. The van der Waals surface area contributed by atoms with Gasteiger partial charge in [-0.1, -0.05) is 44.2 Å². The Balaban J connectivity index is 0.00000137. The molecule has 0 bridgehead atoms. The molecule has 18 heavy (non-hydrogen) atoms. The molecule has 1 aromatic carbocycles. The molecular formula is C14H22N2O2. The number of nitrogens with zero attached hydrogens (tertiary/aromatic N) is 1. The highest BCUT2D eigenvalue weighted by atomic mass is 16.6. The quantitative estimate of drug-likeness (QED) is 0.459. The summed E-state index contributed by atoms with van der Waals surface area (Å²) in [5.74, 6) is 0. The predicted octanol–water partition coefficient (Wildman–Crippen LogP) is 2.50. The third-order valence-electron chi connectivity index (χ3n) is 2.29. The average Bonchev–Trinajstić information content (AvgIpc) is 2.45. The molecule has 4 heteroatoms. The van der Waals surface area contributed by atoms with E-state index in [2.05, 4.69) is 22.6 Å². The van der Waals surface area contributed by atoms with Crippen LogP contribution in [0.25, 0.3) is 0 Å². The van der Waals surface area contributed by atoms with Crippen LogP contribution in [0.1, 0.15) is 25.8 Å². The Morgan fingerprint density at radius 1 is 1.33 bits per heavy atom. The van der Waals surface area contributed by atoms with Gasteiger partial charge >= 0.3 is 0 Å². The summed E-state index contributed by atoms with van der Waals surface area (Å²) < 4.78 is 0. The minimum Gasteiger partial charge on any atom is -0.305 e. The molecule has 0 aliphatic carbocycles. The minimum absolute atomic E-state index is 0.0478. The van der Waals surface area contributed by atoms with Crippen molar-refractivity contribution in [2.45, 2.75) is 32.7 Å². The Labute approximate surface area is 109 Å². The van der Waals surface area contributed by atoms with E-state index in [0.29, 0.717) is 6.54 Å². The molecule has 1 N–H and O–H groups in total. The van der Waals surface area contributed by atoms with Crippen molar-refractivity contribution in [1.82, 2.24) is 5.48 Å². The zero-order valence-electron chi connectivity index (χ0n) is 11.3. The fourth-order valence-corrected chi connectivity index (χ4v) is 1.49. The van der Waals surface area contributed by atoms with Crippen molar-refractivity contribution in [3.05, 3.63) is 35.9 Å². The zero-order chi connectivity index (χ0) is 13.6. The van der Waals surface area contributed by atoms with Gasteiger partial charge in [0.25, 0.3) is 0 Å². The lowest BCUT2D eigenvalue weighted by molar-refractivity contribution is 0.0608. The number of rotatable bonds is 7. The lowest BCUT2D eigenvalue weighted by atomic mass is 10.1. The maximum atomic E-state index is 10.0. The smallest absolute Gasteiger partial charge is 0.234 e. The van der Waals surface area contributed by atoms with Gasteiger partial charge in [0, 0.05) is 0 Å². The number of hydrogen-bond donors (Lipinski definition) is 1. The molecule has 1 rings (SSSR count). The fraction of sp³-hybridized carbons (Fsp3) is 0.500. The van der Waals surface area contributed by atoms with E-state index in [-0.39, 0.29) is 6.04 Å². The number of nitrogens with one attached hydrogen (secondary N) is 1. The fourth-order valence-electron chi connectivity index (χ4n) is 1.49. The molecule has 0 saturated heterocycles. The molecule has 4 nitrogen and oxygen atoms in total. The lowest BCUT2D eigenvalue weighted by Gasteiger charge is -2.13. The van der Waals surface area contributed by atoms with Gasteiger partial charge in [-0.15, -0.1) is 0 Å². The van der Waals surface area contributed by atoms with Crippen LogP contribution in [0.5, 0.6) is 0 Å². The number of carbonyl (C=O) groups excluding carboxylic acids is 1. The van der Waals surface area contributed by atoms with Crippen molar-refractivity contribution in [3.63, 3.8) is 0 Å². The number of hydroxylamine groups is 1. The largest absolute Gasteiger partial charge is 0.305 e. The lowest BCUT2D eigenvalue weighted by Crippen LogP contribution is -2.31. The monoisotopic (exact) mass is 250 g/mol. The van der Waals surface area contributed by atoms with Gasteiger partial charge in [-0.05, 0) is 18.4 Å². The Morgan fingerprint density at radius 3 is 2.56 bits per heavy atom. The van der Waals surface area contributed by atoms with Crippen LogP contribution in [-0.2, 0) is 16.1 Å². The predicted molar refractivity (Wildman–Crippen MR) is 73.0 cm³/mol. The van der Waals surface area contributed by atoms with Crippen LogP contribution in [0.2, 0.25) is 0 Å². The van der Waals surface area contributed by atoms with Crippen molar-refractivity contribution in [2.24, 2.45) is 4.99 Å². The Hall–Kier alpha value is -1.48. The molecule has 100 valence electrons. The Bertz CT molecular complexity index is 335. The first kappa shape index (κ1) is 16.5. The van der Waals surface area contributed by atoms with E-state index < -0.39 is 0 Å². The van der Waals surface area contributed by atoms with Crippen molar-refractivity contribution in [3.8, 4) is 0 Å². The zero-order valence-corrected chi connectivity index (χ0v) is 11.3. The Kier molecular flexibility index (Phi) is 11.0. The van der Waals surface area contributed by atoms with Crippen molar-refractivity contribution >= 4 is 6.08 Å². The molecule has 0 aliphatic rings. The topological polar surface area (TPSA) is 50.7 Å². The number of isocyanates is 1. The SMILES string of the molecule is CC.CONC(CCc1ccccc1)CN=C=O. The first-order valence-corrected chi connectivity index (χ1v) is 6.23. The number of hydrogen-bond acceptors (Lipinski definition) is 4. The number of aryl methyl sites for hydroxylation is 1. The van der Waals surface area contributed by atoms with E-state index in [1.807, 2.05) is 32.0 Å². The molecule has 1 atom stereocenters. The first-order chi connectivity index (χ1) is 8.86. The summed E-state index contributed by atoms with van der Waals surface area (Å²) in [5, 5.41) is 0. The second-order valence-corrected chi connectivity index (χ2v) is 3.48. The summed E-state index contributed by atoms with van der Waals surface area (Å²) >= 11 is 0. The van der Waals surface area contributed by atoms with Gasteiger partial charge in [0.05, 0.1) is 19.7 Å². The van der Waals surface area contributed by atoms with Gasteiger partial charge in [-0.2, -0.15) is 5.48 Å². The molecule has 1 aromatic rings. The molecule has 0 fully saturated rings. The van der Waals surface area contributed by atoms with Crippen molar-refractivity contribution in [1.29, 1.82) is 0 Å². The van der Waals surface area contributed by atoms with E-state index in [0.717, 1.165) is 12.8 Å². The number of benzene rings is 1. The maximum absolute atomic E-state index is 10.0. The Morgan fingerprint density at radius 2 is 2.00 bits per heavy atom. The standard InChI is InChI=1S/C12H16N2O2.C2H6/c1-16-14-12(9-13-10-15)8-7-11-5-3-2-4-6-11;1-2/h2-6,12,14H,7-9H2,1H3;1-2H3. The van der Waals surface area contributed by atoms with Gasteiger partial charge in [-0.25, -0.2) is 9.79 Å². The molecule has 0 aromatic heterocycles. The van der Waals surface area contributed by atoms with Crippen LogP contribution in [0, 0.1) is 0 Å². The van der Waals surface area contributed by atoms with Crippen LogP contribution >= 0.6 is 0 Å². The van der Waals surface area contributed by atoms with E-state index in [9.17, 15) is 4.79 Å². The van der Waals surface area contributed by atoms with E-state index >= 15 is 0 Å². The second-order valence-electron chi connectivity index (χ2n) is 3.48. The van der Waals surface area contributed by atoms with Gasteiger partial charge in [-0.3, -0.25) is 0 Å². The highest BCUT2D eigenvalue weighted by molar-refractivity contribution is 5.32. The third-order valence-corrected chi connectivity index (χ3v) is 2.29. The van der Waals surface area contributed by atoms with Gasteiger partial charge in [0.1, 0.15) is 0 Å². The molecule has 0 aliphatic heterocycles. The minimum atomic E-state index is 0.0478. The summed E-state index contributed by atoms with van der Waals surface area (Å²) in [6.07, 6.45) is 3.33. The van der Waals surface area contributed by atoms with E-state index in [1.165, 1.54) is 11.6 Å². The van der Waals surface area contributed by atoms with Gasteiger partial charge in [0.2, 0.25) is 6.08 Å². The second kappa shape index (κ2) is 12.0. The highest BCUT2D eigenvalue weighted by Crippen LogP contribution is 2.05. The van der Waals surface area contributed by atoms with Crippen LogP contribution in [0.15, 0.2) is 35.3 Å². The van der Waals surface area contributed by atoms with Crippen molar-refractivity contribution in [2.75, 3.05) is 13.7 Å². The first-order valence-electron chi connectivity index (χ1n) is 6.23. The summed E-state index contributed by atoms with van der Waals surface area (Å²) in [5.41, 5.74) is 4.08. The molecule has 0 amide bonds. The molecule has 0 spiro atoms. The van der Waals surface area contributed by atoms with Crippen LogP contribution < -0.4 is 5.48 Å². The van der Waals surface area contributed by atoms with E-state index in [1.54, 1.807) is 7.11 Å². The molecule has 0 radical (unpaired) electrons. The van der Waals surface area contributed by atoms with Crippen molar-refractivity contribution < 1.29 is 9.63 Å². The van der Waals surface area contributed by atoms with Crippen LogP contribution in [0.4, 0.5) is 0 Å². The summed E-state index contributed by atoms with van der Waals surface area (Å²) in [4.78, 5) is 18.4. The van der Waals surface area contributed by atoms with Crippen LogP contribution in [0.3, 0.4) is 0 Å². The molecule has 0 saturated carbocycles.